The highest BCUT2D eigenvalue weighted by Crippen LogP contribution is 2.31. The predicted molar refractivity (Wildman–Crippen MR) is 127 cm³/mol. The van der Waals surface area contributed by atoms with E-state index in [1.807, 2.05) is 26.8 Å². The maximum absolute atomic E-state index is 12.8. The van der Waals surface area contributed by atoms with E-state index >= 15 is 0 Å². The van der Waals surface area contributed by atoms with E-state index in [0.717, 1.165) is 16.9 Å². The Bertz CT molecular complexity index is 1230. The molecule has 0 saturated carbocycles. The minimum atomic E-state index is -3.97. The maximum atomic E-state index is 12.8. The molecule has 176 valence electrons. The topological polar surface area (TPSA) is 120 Å². The average molecular weight is 491 g/mol. The van der Waals surface area contributed by atoms with Crippen molar-refractivity contribution in [3.05, 3.63) is 59.2 Å². The lowest BCUT2D eigenvalue weighted by molar-refractivity contribution is 0.102. The van der Waals surface area contributed by atoms with Crippen LogP contribution in [0.25, 0.3) is 0 Å². The molecule has 1 amide bonds. The maximum Gasteiger partial charge on any atom is 0.270 e. The van der Waals surface area contributed by atoms with Crippen LogP contribution >= 0.6 is 11.3 Å². The van der Waals surface area contributed by atoms with Crippen molar-refractivity contribution in [2.24, 2.45) is 0 Å². The summed E-state index contributed by atoms with van der Waals surface area (Å²) < 4.78 is 39.2. The highest BCUT2D eigenvalue weighted by molar-refractivity contribution is 7.91. The van der Waals surface area contributed by atoms with Crippen LogP contribution in [-0.4, -0.2) is 37.7 Å². The Morgan fingerprint density at radius 3 is 2.48 bits per heavy atom. The van der Waals surface area contributed by atoms with Gasteiger partial charge in [0.15, 0.2) is 11.5 Å². The molecule has 1 heterocycles. The monoisotopic (exact) mass is 490 g/mol. The van der Waals surface area contributed by atoms with Crippen molar-refractivity contribution in [1.29, 1.82) is 0 Å². The van der Waals surface area contributed by atoms with Crippen LogP contribution in [0, 0.1) is 6.92 Å². The molecular weight excluding hydrogens is 464 g/mol. The molecule has 9 nitrogen and oxygen atoms in total. The number of nitrogens with zero attached hydrogens (tertiary/aromatic N) is 2. The number of benzene rings is 2. The Hall–Kier alpha value is -3.02. The van der Waals surface area contributed by atoms with E-state index in [0.29, 0.717) is 35.8 Å². The Kier molecular flexibility index (Phi) is 8.01. The van der Waals surface area contributed by atoms with Gasteiger partial charge in [-0.05, 0) is 57.5 Å². The van der Waals surface area contributed by atoms with E-state index in [2.05, 4.69) is 20.2 Å². The first-order chi connectivity index (χ1) is 15.7. The number of sulfonamides is 1. The molecule has 0 unspecified atom stereocenters. The number of carbonyl (C=O) groups is 1. The van der Waals surface area contributed by atoms with Crippen LogP contribution < -0.4 is 19.5 Å². The average Bonchev–Trinajstić information content (AvgIpc) is 3.24. The Balaban J connectivity index is 1.72. The second-order valence-corrected chi connectivity index (χ2v) is 9.98. The zero-order chi connectivity index (χ0) is 24.0. The summed E-state index contributed by atoms with van der Waals surface area (Å²) in [6, 6.07) is 11.7. The first kappa shape index (κ1) is 24.6. The number of nitrogens with one attached hydrogen (secondary N) is 2. The normalized spacial score (nSPS) is 12.2. The fraction of sp³-hybridized carbons (Fsp3) is 0.318. The second kappa shape index (κ2) is 10.7. The van der Waals surface area contributed by atoms with E-state index in [1.165, 1.54) is 0 Å². The summed E-state index contributed by atoms with van der Waals surface area (Å²) >= 11 is 0.775. The molecular formula is C22H26N4O5S2. The molecule has 0 fully saturated rings. The van der Waals surface area contributed by atoms with Crippen molar-refractivity contribution in [2.45, 2.75) is 38.1 Å². The number of anilines is 1. The number of amides is 1. The molecule has 2 N–H and O–H groups in total. The van der Waals surface area contributed by atoms with Gasteiger partial charge in [0.1, 0.15) is 0 Å². The number of rotatable bonds is 10. The molecule has 1 atom stereocenters. The fourth-order valence-electron chi connectivity index (χ4n) is 3.01. The molecule has 2 aromatic carbocycles. The predicted octanol–water partition coefficient (Wildman–Crippen LogP) is 3.94. The number of ether oxygens (including phenoxy) is 2. The summed E-state index contributed by atoms with van der Waals surface area (Å²) in [6.45, 7) is 8.26. The zero-order valence-corrected chi connectivity index (χ0v) is 20.4. The summed E-state index contributed by atoms with van der Waals surface area (Å²) in [6.07, 6.45) is 0. The lowest BCUT2D eigenvalue weighted by atomic mass is 10.1. The van der Waals surface area contributed by atoms with Crippen molar-refractivity contribution in [2.75, 3.05) is 18.5 Å². The number of carbonyl (C=O) groups excluding carboxylic acids is 1. The van der Waals surface area contributed by atoms with Crippen molar-refractivity contribution >= 4 is 32.4 Å². The third-order valence-electron chi connectivity index (χ3n) is 4.54. The van der Waals surface area contributed by atoms with Gasteiger partial charge >= 0.3 is 0 Å². The lowest BCUT2D eigenvalue weighted by Crippen LogP contribution is -2.26. The SMILES string of the molecule is CCOc1ccc([C@H](C)NS(=O)(=O)c2nnc(NC(=O)c3cccc(C)c3)s2)cc1OCC. The summed E-state index contributed by atoms with van der Waals surface area (Å²) in [5.74, 6) is 0.745. The van der Waals surface area contributed by atoms with Gasteiger partial charge < -0.3 is 9.47 Å². The van der Waals surface area contributed by atoms with Gasteiger partial charge in [0.05, 0.1) is 13.2 Å². The van der Waals surface area contributed by atoms with Gasteiger partial charge in [0.25, 0.3) is 15.9 Å². The van der Waals surface area contributed by atoms with Crippen molar-refractivity contribution in [3.8, 4) is 11.5 Å². The molecule has 0 aliphatic carbocycles. The molecule has 3 aromatic rings. The van der Waals surface area contributed by atoms with Crippen LogP contribution in [-0.2, 0) is 10.0 Å². The number of aryl methyl sites for hydroxylation is 1. The Morgan fingerprint density at radius 2 is 1.79 bits per heavy atom. The molecule has 33 heavy (non-hydrogen) atoms. The van der Waals surface area contributed by atoms with E-state index < -0.39 is 22.0 Å². The van der Waals surface area contributed by atoms with E-state index in [1.54, 1.807) is 43.3 Å². The van der Waals surface area contributed by atoms with Gasteiger partial charge in [-0.1, -0.05) is 35.1 Å². The smallest absolute Gasteiger partial charge is 0.270 e. The molecule has 0 bridgehead atoms. The standard InChI is InChI=1S/C22H26N4O5S2/c1-5-30-18-11-10-16(13-19(18)31-6-2)15(4)26-33(28,29)22-25-24-21(32-22)23-20(27)17-9-7-8-14(3)12-17/h7-13,15,26H,5-6H2,1-4H3,(H,23,24,27)/t15-/m0/s1. The molecule has 11 heteroatoms. The number of hydrogen-bond donors (Lipinski definition) is 2. The Morgan fingerprint density at radius 1 is 1.06 bits per heavy atom. The molecule has 0 aliphatic rings. The highest BCUT2D eigenvalue weighted by atomic mass is 32.2. The van der Waals surface area contributed by atoms with Gasteiger partial charge in [-0.25, -0.2) is 13.1 Å². The fourth-order valence-corrected chi connectivity index (χ4v) is 5.16. The van der Waals surface area contributed by atoms with E-state index in [4.69, 9.17) is 9.47 Å². The molecule has 0 radical (unpaired) electrons. The highest BCUT2D eigenvalue weighted by Gasteiger charge is 2.24. The molecule has 1 aromatic heterocycles. The van der Waals surface area contributed by atoms with Crippen LogP contribution in [0.1, 0.15) is 48.3 Å². The van der Waals surface area contributed by atoms with Gasteiger partial charge in [0, 0.05) is 11.6 Å². The summed E-state index contributed by atoms with van der Waals surface area (Å²) in [5.41, 5.74) is 2.08. The Labute approximate surface area is 197 Å². The summed E-state index contributed by atoms with van der Waals surface area (Å²) in [5, 5.41) is 10.2. The molecule has 0 aliphatic heterocycles. The molecule has 0 spiro atoms. The minimum Gasteiger partial charge on any atom is -0.490 e. The molecule has 0 saturated heterocycles. The quantitative estimate of drug-likeness (QED) is 0.413. The third kappa shape index (κ3) is 6.28. The number of hydrogen-bond acceptors (Lipinski definition) is 8. The first-order valence-corrected chi connectivity index (χ1v) is 12.7. The lowest BCUT2D eigenvalue weighted by Gasteiger charge is -2.16. The van der Waals surface area contributed by atoms with Crippen LogP contribution in [0.4, 0.5) is 5.13 Å². The second-order valence-electron chi connectivity index (χ2n) is 7.11. The van der Waals surface area contributed by atoms with E-state index in [-0.39, 0.29) is 9.47 Å². The zero-order valence-electron chi connectivity index (χ0n) is 18.8. The third-order valence-corrected chi connectivity index (χ3v) is 7.28. The van der Waals surface area contributed by atoms with Gasteiger partial charge in [-0.3, -0.25) is 10.1 Å². The minimum absolute atomic E-state index is 0.0919. The van der Waals surface area contributed by atoms with Gasteiger partial charge in [-0.15, -0.1) is 10.2 Å². The van der Waals surface area contributed by atoms with Crippen molar-refractivity contribution in [1.82, 2.24) is 14.9 Å². The van der Waals surface area contributed by atoms with E-state index in [9.17, 15) is 13.2 Å². The van der Waals surface area contributed by atoms with Gasteiger partial charge in [-0.2, -0.15) is 0 Å². The molecule has 3 rings (SSSR count). The summed E-state index contributed by atoms with van der Waals surface area (Å²) in [7, 11) is -3.97. The van der Waals surface area contributed by atoms with Crippen LogP contribution in [0.5, 0.6) is 11.5 Å². The van der Waals surface area contributed by atoms with Gasteiger partial charge in [0.2, 0.25) is 9.47 Å². The largest absolute Gasteiger partial charge is 0.490 e. The van der Waals surface area contributed by atoms with Crippen molar-refractivity contribution < 1.29 is 22.7 Å². The summed E-state index contributed by atoms with van der Waals surface area (Å²) in [4.78, 5) is 12.4. The van der Waals surface area contributed by atoms with Crippen LogP contribution in [0.2, 0.25) is 0 Å². The number of aromatic nitrogens is 2. The first-order valence-electron chi connectivity index (χ1n) is 10.4. The van der Waals surface area contributed by atoms with Crippen LogP contribution in [0.3, 0.4) is 0 Å². The van der Waals surface area contributed by atoms with Crippen molar-refractivity contribution in [3.63, 3.8) is 0 Å². The van der Waals surface area contributed by atoms with Crippen LogP contribution in [0.15, 0.2) is 46.8 Å².